The van der Waals surface area contributed by atoms with E-state index in [0.717, 1.165) is 40.2 Å². The van der Waals surface area contributed by atoms with Gasteiger partial charge in [-0.05, 0) is 69.9 Å². The number of nitrogens with zero attached hydrogens (tertiary/aromatic N) is 4. The van der Waals surface area contributed by atoms with Gasteiger partial charge in [0.2, 0.25) is 0 Å². The zero-order valence-corrected chi connectivity index (χ0v) is 20.6. The van der Waals surface area contributed by atoms with Crippen molar-refractivity contribution in [2.75, 3.05) is 58.2 Å². The third-order valence-corrected chi connectivity index (χ3v) is 6.22. The number of halogens is 1. The van der Waals surface area contributed by atoms with Crippen LogP contribution in [0, 0.1) is 6.92 Å². The second-order valence-corrected chi connectivity index (χ2v) is 8.79. The molecular weight excluding hydrogens is 432 g/mol. The van der Waals surface area contributed by atoms with Gasteiger partial charge in [-0.1, -0.05) is 17.4 Å². The highest BCUT2D eigenvalue weighted by Gasteiger charge is 2.23. The van der Waals surface area contributed by atoms with Crippen LogP contribution in [0.5, 0.6) is 5.75 Å². The lowest BCUT2D eigenvalue weighted by Crippen LogP contribution is -2.33. The van der Waals surface area contributed by atoms with Crippen LogP contribution in [0.15, 0.2) is 36.4 Å². The predicted octanol–water partition coefficient (Wildman–Crippen LogP) is 4.70. The monoisotopic (exact) mass is 462 g/mol. The van der Waals surface area contributed by atoms with Gasteiger partial charge in [0.15, 0.2) is 5.13 Å². The summed E-state index contributed by atoms with van der Waals surface area (Å²) in [7, 11) is 9.70. The highest BCUT2D eigenvalue weighted by atomic mass is 35.5. The van der Waals surface area contributed by atoms with Gasteiger partial charge >= 0.3 is 0 Å². The second kappa shape index (κ2) is 10.8. The molecule has 0 aliphatic rings. The van der Waals surface area contributed by atoms with Crippen molar-refractivity contribution in [3.8, 4) is 5.75 Å². The molecule has 168 valence electrons. The Labute approximate surface area is 194 Å². The molecule has 0 spiro atoms. The normalized spacial score (nSPS) is 10.8. The summed E-state index contributed by atoms with van der Waals surface area (Å²) >= 11 is 1.54. The maximum atomic E-state index is 13.5. The van der Waals surface area contributed by atoms with E-state index < -0.39 is 0 Å². The average molecular weight is 463 g/mol. The highest BCUT2D eigenvalue weighted by molar-refractivity contribution is 7.22. The molecule has 0 N–H and O–H groups in total. The summed E-state index contributed by atoms with van der Waals surface area (Å²) in [6.45, 7) is 3.56. The highest BCUT2D eigenvalue weighted by Crippen LogP contribution is 2.37. The summed E-state index contributed by atoms with van der Waals surface area (Å²) in [5.41, 5.74) is 3.66. The van der Waals surface area contributed by atoms with Gasteiger partial charge in [0.1, 0.15) is 11.3 Å². The van der Waals surface area contributed by atoms with Crippen LogP contribution in [0.1, 0.15) is 22.3 Å². The lowest BCUT2D eigenvalue weighted by Gasteiger charge is -2.21. The fourth-order valence-corrected chi connectivity index (χ4v) is 4.34. The Bertz CT molecular complexity index is 1020. The van der Waals surface area contributed by atoms with Gasteiger partial charge in [0.05, 0.1) is 11.8 Å². The largest absolute Gasteiger partial charge is 0.494 e. The fraction of sp³-hybridized carbons (Fsp3) is 0.391. The van der Waals surface area contributed by atoms with Crippen LogP contribution in [0.25, 0.3) is 10.2 Å². The number of aryl methyl sites for hydroxylation is 1. The molecule has 8 heteroatoms. The lowest BCUT2D eigenvalue weighted by molar-refractivity contribution is 0.0986. The molecule has 0 aliphatic carbocycles. The van der Waals surface area contributed by atoms with E-state index in [1.165, 1.54) is 0 Å². The van der Waals surface area contributed by atoms with Crippen molar-refractivity contribution in [3.63, 3.8) is 0 Å². The standard InChI is InChI=1S/C23H30N4O2S.ClH/c1-16-8-13-19(29-6)20-21(16)30-23(24-20)27(15-7-14-25(2)3)22(28)17-9-11-18(12-10-17)26(4)5;/h8-13H,7,14-15H2,1-6H3;1H. The molecule has 1 amide bonds. The number of rotatable bonds is 8. The summed E-state index contributed by atoms with van der Waals surface area (Å²) in [6.07, 6.45) is 0.862. The molecule has 0 fully saturated rings. The Morgan fingerprint density at radius 2 is 1.71 bits per heavy atom. The lowest BCUT2D eigenvalue weighted by atomic mass is 10.1. The van der Waals surface area contributed by atoms with Gasteiger partial charge in [-0.3, -0.25) is 9.69 Å². The zero-order chi connectivity index (χ0) is 21.8. The first-order chi connectivity index (χ1) is 14.3. The minimum atomic E-state index is -0.0326. The Morgan fingerprint density at radius 3 is 2.29 bits per heavy atom. The van der Waals surface area contributed by atoms with Crippen molar-refractivity contribution in [1.82, 2.24) is 9.88 Å². The van der Waals surface area contributed by atoms with Crippen molar-refractivity contribution in [2.45, 2.75) is 13.3 Å². The molecule has 3 aromatic rings. The van der Waals surface area contributed by atoms with Crippen molar-refractivity contribution in [1.29, 1.82) is 0 Å². The van der Waals surface area contributed by atoms with Crippen LogP contribution in [0.2, 0.25) is 0 Å². The van der Waals surface area contributed by atoms with E-state index in [1.807, 2.05) is 69.5 Å². The van der Waals surface area contributed by atoms with Gasteiger partial charge in [-0.15, -0.1) is 12.4 Å². The number of aromatic nitrogens is 1. The zero-order valence-electron chi connectivity index (χ0n) is 19.0. The first-order valence-corrected chi connectivity index (χ1v) is 10.8. The summed E-state index contributed by atoms with van der Waals surface area (Å²) in [6, 6.07) is 11.7. The molecule has 0 saturated heterocycles. The van der Waals surface area contributed by atoms with Gasteiger partial charge in [0, 0.05) is 31.9 Å². The number of carbonyl (C=O) groups excluding carboxylic acids is 1. The summed E-state index contributed by atoms with van der Waals surface area (Å²) in [4.78, 5) is 24.2. The van der Waals surface area contributed by atoms with Crippen molar-refractivity contribution < 1.29 is 9.53 Å². The topological polar surface area (TPSA) is 48.9 Å². The first kappa shape index (κ1) is 24.9. The van der Waals surface area contributed by atoms with Crippen molar-refractivity contribution in [2.24, 2.45) is 0 Å². The SMILES string of the molecule is COc1ccc(C)c2sc(N(CCCN(C)C)C(=O)c3ccc(N(C)C)cc3)nc12.Cl. The third-order valence-electron chi connectivity index (χ3n) is 5.01. The molecule has 0 bridgehead atoms. The Hall–Kier alpha value is -2.35. The molecule has 31 heavy (non-hydrogen) atoms. The summed E-state index contributed by atoms with van der Waals surface area (Å²) in [5, 5.41) is 0.707. The van der Waals surface area contributed by atoms with E-state index in [2.05, 4.69) is 11.8 Å². The van der Waals surface area contributed by atoms with Gasteiger partial charge in [0.25, 0.3) is 5.91 Å². The molecular formula is C23H31ClN4O2S. The maximum Gasteiger partial charge on any atom is 0.260 e. The van der Waals surface area contributed by atoms with Crippen LogP contribution in [-0.2, 0) is 0 Å². The van der Waals surface area contributed by atoms with E-state index in [-0.39, 0.29) is 18.3 Å². The van der Waals surface area contributed by atoms with Gasteiger partial charge in [-0.25, -0.2) is 4.98 Å². The molecule has 1 aromatic heterocycles. The van der Waals surface area contributed by atoms with E-state index in [1.54, 1.807) is 23.3 Å². The molecule has 2 aromatic carbocycles. The Balaban J connectivity index is 0.00000341. The van der Waals surface area contributed by atoms with E-state index >= 15 is 0 Å². The van der Waals surface area contributed by atoms with Crippen molar-refractivity contribution in [3.05, 3.63) is 47.5 Å². The van der Waals surface area contributed by atoms with Crippen LogP contribution in [-0.4, -0.2) is 64.2 Å². The summed E-state index contributed by atoms with van der Waals surface area (Å²) < 4.78 is 6.55. The molecule has 3 rings (SSSR count). The maximum absolute atomic E-state index is 13.5. The third kappa shape index (κ3) is 5.67. The first-order valence-electron chi connectivity index (χ1n) is 10.00. The molecule has 0 atom stereocenters. The number of thiazole rings is 1. The number of amides is 1. The quantitative estimate of drug-likeness (QED) is 0.485. The summed E-state index contributed by atoms with van der Waals surface area (Å²) in [5.74, 6) is 0.698. The number of hydrogen-bond donors (Lipinski definition) is 0. The molecule has 0 unspecified atom stereocenters. The van der Waals surface area contributed by atoms with E-state index in [0.29, 0.717) is 17.2 Å². The number of ether oxygens (including phenoxy) is 1. The predicted molar refractivity (Wildman–Crippen MR) is 134 cm³/mol. The van der Waals surface area contributed by atoms with Gasteiger partial charge in [-0.2, -0.15) is 0 Å². The number of carbonyl (C=O) groups is 1. The fourth-order valence-electron chi connectivity index (χ4n) is 3.27. The van der Waals surface area contributed by atoms with Crippen LogP contribution in [0.4, 0.5) is 10.8 Å². The number of methoxy groups -OCH3 is 1. The van der Waals surface area contributed by atoms with E-state index in [4.69, 9.17) is 9.72 Å². The van der Waals surface area contributed by atoms with Gasteiger partial charge < -0.3 is 14.5 Å². The number of fused-ring (bicyclic) bond motifs is 1. The molecule has 6 nitrogen and oxygen atoms in total. The number of hydrogen-bond acceptors (Lipinski definition) is 6. The Morgan fingerprint density at radius 1 is 1.03 bits per heavy atom. The molecule has 0 radical (unpaired) electrons. The van der Waals surface area contributed by atoms with E-state index in [9.17, 15) is 4.79 Å². The Kier molecular flexibility index (Phi) is 8.68. The van der Waals surface area contributed by atoms with Crippen molar-refractivity contribution >= 4 is 50.7 Å². The molecule has 0 aliphatic heterocycles. The molecule has 0 saturated carbocycles. The minimum Gasteiger partial charge on any atom is -0.494 e. The van der Waals surface area contributed by atoms with Crippen LogP contribution < -0.4 is 14.5 Å². The minimum absolute atomic E-state index is 0. The average Bonchev–Trinajstić information content (AvgIpc) is 3.17. The number of anilines is 2. The molecule has 1 heterocycles. The number of benzene rings is 2. The van der Waals surface area contributed by atoms with Crippen LogP contribution in [0.3, 0.4) is 0 Å². The van der Waals surface area contributed by atoms with Crippen LogP contribution >= 0.6 is 23.7 Å². The smallest absolute Gasteiger partial charge is 0.260 e. The second-order valence-electron chi connectivity index (χ2n) is 7.81.